The summed E-state index contributed by atoms with van der Waals surface area (Å²) in [5.74, 6) is 0. The molecule has 0 amide bonds. The number of anilines is 2. The molecule has 2 heterocycles. The summed E-state index contributed by atoms with van der Waals surface area (Å²) < 4.78 is 0. The van der Waals surface area contributed by atoms with E-state index in [-0.39, 0.29) is 5.69 Å². The summed E-state index contributed by atoms with van der Waals surface area (Å²) in [4.78, 5) is 15.3. The van der Waals surface area contributed by atoms with Gasteiger partial charge in [0.05, 0.1) is 21.3 Å². The van der Waals surface area contributed by atoms with E-state index in [2.05, 4.69) is 10.3 Å². The van der Waals surface area contributed by atoms with E-state index in [4.69, 9.17) is 11.6 Å². The summed E-state index contributed by atoms with van der Waals surface area (Å²) in [5.41, 5.74) is 1.71. The van der Waals surface area contributed by atoms with Gasteiger partial charge in [0, 0.05) is 23.2 Å². The van der Waals surface area contributed by atoms with Crippen LogP contribution in [0.25, 0.3) is 0 Å². The number of non-ortho nitro benzene ring substituents is 1. The summed E-state index contributed by atoms with van der Waals surface area (Å²) in [6.45, 7) is 0. The molecule has 0 atom stereocenters. The van der Waals surface area contributed by atoms with Crippen molar-refractivity contribution < 1.29 is 4.92 Å². The van der Waals surface area contributed by atoms with E-state index in [0.717, 1.165) is 21.3 Å². The first kappa shape index (κ1) is 11.3. The van der Waals surface area contributed by atoms with Crippen LogP contribution in [0, 0.1) is 10.1 Å². The van der Waals surface area contributed by atoms with Gasteiger partial charge in [0.15, 0.2) is 0 Å². The van der Waals surface area contributed by atoms with Gasteiger partial charge in [0.1, 0.15) is 5.03 Å². The Morgan fingerprint density at radius 1 is 1.33 bits per heavy atom. The number of hydrogen-bond donors (Lipinski definition) is 1. The molecule has 18 heavy (non-hydrogen) atoms. The zero-order valence-electron chi connectivity index (χ0n) is 8.88. The topological polar surface area (TPSA) is 68.1 Å². The Hall–Kier alpha value is -1.79. The zero-order valence-corrected chi connectivity index (χ0v) is 10.5. The van der Waals surface area contributed by atoms with Gasteiger partial charge in [-0.15, -0.1) is 0 Å². The fourth-order valence-electron chi connectivity index (χ4n) is 1.66. The first-order valence-electron chi connectivity index (χ1n) is 5.02. The monoisotopic (exact) mass is 279 g/mol. The first-order chi connectivity index (χ1) is 8.63. The second-order valence-electron chi connectivity index (χ2n) is 3.67. The average molecular weight is 280 g/mol. The second-order valence-corrected chi connectivity index (χ2v) is 5.14. The number of nitrogens with zero attached hydrogens (tertiary/aromatic N) is 2. The van der Waals surface area contributed by atoms with Crippen molar-refractivity contribution in [2.24, 2.45) is 0 Å². The van der Waals surface area contributed by atoms with Crippen molar-refractivity contribution in [3.05, 3.63) is 45.6 Å². The number of halogens is 1. The van der Waals surface area contributed by atoms with E-state index in [1.165, 1.54) is 23.9 Å². The third-order valence-electron chi connectivity index (χ3n) is 2.47. The quantitative estimate of drug-likeness (QED) is 0.541. The Bertz CT molecular complexity index is 663. The van der Waals surface area contributed by atoms with E-state index in [0.29, 0.717) is 5.02 Å². The fourth-order valence-corrected chi connectivity index (χ4v) is 2.76. The van der Waals surface area contributed by atoms with Gasteiger partial charge in [0.2, 0.25) is 0 Å². The maximum absolute atomic E-state index is 10.7. The molecule has 5 nitrogen and oxygen atoms in total. The van der Waals surface area contributed by atoms with E-state index in [9.17, 15) is 10.1 Å². The number of aromatic nitrogens is 1. The summed E-state index contributed by atoms with van der Waals surface area (Å²) in [5, 5.41) is 15.2. The lowest BCUT2D eigenvalue weighted by molar-refractivity contribution is -0.385. The largest absolute Gasteiger partial charge is 0.352 e. The second kappa shape index (κ2) is 4.15. The number of pyridine rings is 1. The molecular formula is C11H6ClN3O2S. The lowest BCUT2D eigenvalue weighted by atomic mass is 10.2. The number of nitrogens with one attached hydrogen (secondary N) is 1. The van der Waals surface area contributed by atoms with Crippen molar-refractivity contribution in [3.8, 4) is 0 Å². The molecule has 0 saturated heterocycles. The molecule has 1 aliphatic heterocycles. The maximum Gasteiger partial charge on any atom is 0.270 e. The Balaban J connectivity index is 2.05. The molecule has 3 rings (SSSR count). The predicted octanol–water partition coefficient (Wildman–Crippen LogP) is 3.85. The van der Waals surface area contributed by atoms with Crippen LogP contribution in [0.2, 0.25) is 5.02 Å². The van der Waals surface area contributed by atoms with Crippen LogP contribution in [-0.2, 0) is 0 Å². The van der Waals surface area contributed by atoms with Crippen molar-refractivity contribution >= 4 is 40.4 Å². The Kier molecular flexibility index (Phi) is 2.61. The van der Waals surface area contributed by atoms with Crippen molar-refractivity contribution in [1.29, 1.82) is 0 Å². The van der Waals surface area contributed by atoms with Crippen LogP contribution in [0.15, 0.2) is 40.4 Å². The number of benzene rings is 1. The first-order valence-corrected chi connectivity index (χ1v) is 6.22. The highest BCUT2D eigenvalue weighted by atomic mass is 35.5. The fraction of sp³-hybridized carbons (Fsp3) is 0. The molecule has 0 bridgehead atoms. The third kappa shape index (κ3) is 1.89. The number of nitro benzene ring substituents is 1. The maximum atomic E-state index is 10.7. The summed E-state index contributed by atoms with van der Waals surface area (Å²) in [7, 11) is 0. The Labute approximate surface area is 111 Å². The van der Waals surface area contributed by atoms with Gasteiger partial charge in [-0.25, -0.2) is 4.98 Å². The van der Waals surface area contributed by atoms with E-state index < -0.39 is 4.92 Å². The summed E-state index contributed by atoms with van der Waals surface area (Å²) in [6.07, 6.45) is 1.55. The molecule has 1 aromatic carbocycles. The lowest BCUT2D eigenvalue weighted by Crippen LogP contribution is -2.02. The molecule has 0 saturated carbocycles. The highest BCUT2D eigenvalue weighted by Gasteiger charge is 2.19. The number of hydrogen-bond acceptors (Lipinski definition) is 5. The minimum Gasteiger partial charge on any atom is -0.352 e. The van der Waals surface area contributed by atoms with Gasteiger partial charge in [-0.1, -0.05) is 23.4 Å². The average Bonchev–Trinajstić information content (AvgIpc) is 2.35. The molecular weight excluding hydrogens is 274 g/mol. The number of fused-ring (bicyclic) bond motifs is 2. The molecule has 0 radical (unpaired) electrons. The van der Waals surface area contributed by atoms with Crippen LogP contribution in [-0.4, -0.2) is 9.91 Å². The van der Waals surface area contributed by atoms with Gasteiger partial charge >= 0.3 is 0 Å². The summed E-state index contributed by atoms with van der Waals surface area (Å²) >= 11 is 7.26. The highest BCUT2D eigenvalue weighted by molar-refractivity contribution is 7.99. The zero-order chi connectivity index (χ0) is 12.7. The Morgan fingerprint density at radius 3 is 2.94 bits per heavy atom. The molecule has 2 aromatic rings. The molecule has 0 aliphatic carbocycles. The smallest absolute Gasteiger partial charge is 0.270 e. The van der Waals surface area contributed by atoms with Gasteiger partial charge in [-0.2, -0.15) is 0 Å². The standard InChI is InChI=1S/C11H6ClN3O2S/c12-6-3-9-11(13-5-6)18-10-4-7(15(16)17)1-2-8(10)14-9/h1-5,14H. The molecule has 1 aliphatic rings. The van der Waals surface area contributed by atoms with E-state index >= 15 is 0 Å². The van der Waals surface area contributed by atoms with Gasteiger partial charge in [-0.3, -0.25) is 10.1 Å². The lowest BCUT2D eigenvalue weighted by Gasteiger charge is -2.19. The van der Waals surface area contributed by atoms with Gasteiger partial charge in [0.25, 0.3) is 5.69 Å². The minimum absolute atomic E-state index is 0.0699. The molecule has 1 aromatic heterocycles. The predicted molar refractivity (Wildman–Crippen MR) is 69.7 cm³/mol. The Morgan fingerprint density at radius 2 is 2.17 bits per heavy atom. The molecule has 1 N–H and O–H groups in total. The van der Waals surface area contributed by atoms with Crippen LogP contribution in [0.3, 0.4) is 0 Å². The van der Waals surface area contributed by atoms with Gasteiger partial charge < -0.3 is 5.32 Å². The molecule has 90 valence electrons. The van der Waals surface area contributed by atoms with Crippen LogP contribution < -0.4 is 5.32 Å². The third-order valence-corrected chi connectivity index (χ3v) is 3.75. The van der Waals surface area contributed by atoms with Crippen molar-refractivity contribution in [1.82, 2.24) is 4.98 Å². The SMILES string of the molecule is O=[N+]([O-])c1ccc2c(c1)Sc1ncc(Cl)cc1N2. The molecule has 0 spiro atoms. The van der Waals surface area contributed by atoms with Crippen molar-refractivity contribution in [2.75, 3.05) is 5.32 Å². The van der Waals surface area contributed by atoms with Crippen LogP contribution in [0.4, 0.5) is 17.1 Å². The van der Waals surface area contributed by atoms with Crippen molar-refractivity contribution in [2.45, 2.75) is 9.92 Å². The van der Waals surface area contributed by atoms with E-state index in [1.54, 1.807) is 18.3 Å². The van der Waals surface area contributed by atoms with Crippen molar-refractivity contribution in [3.63, 3.8) is 0 Å². The number of rotatable bonds is 1. The highest BCUT2D eigenvalue weighted by Crippen LogP contribution is 2.44. The van der Waals surface area contributed by atoms with Gasteiger partial charge in [-0.05, 0) is 12.1 Å². The van der Waals surface area contributed by atoms with Crippen LogP contribution in [0.5, 0.6) is 0 Å². The molecule has 0 unspecified atom stereocenters. The summed E-state index contributed by atoms with van der Waals surface area (Å²) in [6, 6.07) is 6.47. The molecule has 0 fully saturated rings. The minimum atomic E-state index is -0.411. The number of nitro groups is 1. The van der Waals surface area contributed by atoms with Crippen LogP contribution >= 0.6 is 23.4 Å². The van der Waals surface area contributed by atoms with Crippen LogP contribution in [0.1, 0.15) is 0 Å². The molecule has 7 heteroatoms. The normalized spacial score (nSPS) is 12.3. The van der Waals surface area contributed by atoms with E-state index in [1.807, 2.05) is 0 Å².